The smallest absolute Gasteiger partial charge is 0.275 e. The van der Waals surface area contributed by atoms with Gasteiger partial charge < -0.3 is 23.5 Å². The van der Waals surface area contributed by atoms with Gasteiger partial charge in [-0.2, -0.15) is 5.10 Å². The molecule has 10 nitrogen and oxygen atoms in total. The summed E-state index contributed by atoms with van der Waals surface area (Å²) in [7, 11) is 5.55. The van der Waals surface area contributed by atoms with Gasteiger partial charge in [0.1, 0.15) is 11.4 Å². The van der Waals surface area contributed by atoms with Gasteiger partial charge in [-0.05, 0) is 101 Å². The molecule has 0 unspecified atom stereocenters. The minimum Gasteiger partial charge on any atom is -0.494 e. The molecule has 0 bridgehead atoms. The molecular weight excluding hydrogens is 733 g/mol. The van der Waals surface area contributed by atoms with E-state index >= 15 is 4.79 Å². The molecule has 0 N–H and O–H groups in total. The number of anilines is 1. The largest absolute Gasteiger partial charge is 0.494 e. The summed E-state index contributed by atoms with van der Waals surface area (Å²) < 4.78 is 17.7. The van der Waals surface area contributed by atoms with Crippen molar-refractivity contribution in [2.24, 2.45) is 14.1 Å². The molecule has 0 spiro atoms. The summed E-state index contributed by atoms with van der Waals surface area (Å²) in [6, 6.07) is 14.0. The van der Waals surface area contributed by atoms with E-state index in [4.69, 9.17) is 37.8 Å². The first-order valence-electron chi connectivity index (χ1n) is 18.4. The van der Waals surface area contributed by atoms with E-state index in [2.05, 4.69) is 51.1 Å². The summed E-state index contributed by atoms with van der Waals surface area (Å²) in [6.07, 6.45) is 6.67. The number of carbonyl (C=O) groups excluding carboxylic acids is 1. The molecule has 0 saturated heterocycles. The van der Waals surface area contributed by atoms with Crippen LogP contribution in [-0.2, 0) is 20.5 Å². The molecule has 1 aliphatic heterocycles. The Morgan fingerprint density at radius 2 is 1.64 bits per heavy atom. The first kappa shape index (κ1) is 36.6. The van der Waals surface area contributed by atoms with Crippen molar-refractivity contribution in [2.45, 2.75) is 53.5 Å². The molecule has 1 atom stereocenters. The summed E-state index contributed by atoms with van der Waals surface area (Å²) in [6.45, 7) is 11.2. The van der Waals surface area contributed by atoms with Crippen LogP contribution in [0.1, 0.15) is 58.0 Å². The van der Waals surface area contributed by atoms with Crippen molar-refractivity contribution in [1.82, 2.24) is 28.9 Å². The highest BCUT2D eigenvalue weighted by Gasteiger charge is 2.37. The Morgan fingerprint density at radius 3 is 2.31 bits per heavy atom. The van der Waals surface area contributed by atoms with E-state index in [9.17, 15) is 0 Å². The van der Waals surface area contributed by atoms with Crippen molar-refractivity contribution >= 4 is 56.6 Å². The molecule has 8 rings (SSSR count). The number of benzene rings is 3. The van der Waals surface area contributed by atoms with Gasteiger partial charge in [0.05, 0.1) is 48.0 Å². The van der Waals surface area contributed by atoms with Crippen LogP contribution in [0.25, 0.3) is 44.3 Å². The van der Waals surface area contributed by atoms with Gasteiger partial charge in [-0.15, -0.1) is 0 Å². The fraction of sp³-hybridized carbons (Fsp3) is 0.302. The lowest BCUT2D eigenvalue weighted by atomic mass is 9.98. The third-order valence-corrected chi connectivity index (χ3v) is 11.9. The van der Waals surface area contributed by atoms with Gasteiger partial charge in [0.15, 0.2) is 11.6 Å². The van der Waals surface area contributed by atoms with E-state index in [1.807, 2.05) is 74.9 Å². The van der Waals surface area contributed by atoms with Crippen LogP contribution in [0.2, 0.25) is 10.0 Å². The third-order valence-electron chi connectivity index (χ3n) is 10.9. The molecule has 55 heavy (non-hydrogen) atoms. The van der Waals surface area contributed by atoms with Crippen molar-refractivity contribution in [3.8, 4) is 34.0 Å². The Morgan fingerprint density at radius 1 is 0.909 bits per heavy atom. The fourth-order valence-electron chi connectivity index (χ4n) is 8.23. The number of nitrogens with zero attached hydrogens (tertiary/aromatic N) is 7. The van der Waals surface area contributed by atoms with E-state index in [0.29, 0.717) is 48.3 Å². The van der Waals surface area contributed by atoms with Gasteiger partial charge in [0.25, 0.3) is 5.91 Å². The molecule has 7 aromatic rings. The standard InChI is InChI=1S/C43H43Cl2N7O3/c1-23-16-29(17-24(2)39(23)45)55-15-9-10-31-32-12-13-34(44)38(37-26(4)48-50(7)27(37)5)40(32)52-25(3)21-51(43(53)41(31)52)36-22-49(6)35-14-11-28(18-33(35)36)42-46-19-30(54-8)20-47-42/h11-14,16-20,22,25H,9-10,15,21H2,1-8H3/t25-/m1/s1. The number of hydrogen-bond acceptors (Lipinski definition) is 6. The minimum absolute atomic E-state index is 0.0607. The lowest BCUT2D eigenvalue weighted by molar-refractivity contribution is 0.0957. The van der Waals surface area contributed by atoms with Crippen LogP contribution in [0, 0.1) is 27.7 Å². The quantitative estimate of drug-likeness (QED) is 0.136. The minimum atomic E-state index is -0.0851. The van der Waals surface area contributed by atoms with Crippen molar-refractivity contribution in [3.63, 3.8) is 0 Å². The van der Waals surface area contributed by atoms with Crippen LogP contribution >= 0.6 is 23.2 Å². The van der Waals surface area contributed by atoms with Crippen molar-refractivity contribution in [3.05, 3.63) is 105 Å². The van der Waals surface area contributed by atoms with Gasteiger partial charge in [0.2, 0.25) is 0 Å². The Bertz CT molecular complexity index is 2630. The highest BCUT2D eigenvalue weighted by molar-refractivity contribution is 6.35. The van der Waals surface area contributed by atoms with Crippen molar-refractivity contribution < 1.29 is 14.3 Å². The fourth-order valence-corrected chi connectivity index (χ4v) is 8.59. The number of carbonyl (C=O) groups is 1. The Kier molecular flexibility index (Phi) is 9.38. The molecular formula is C43H43Cl2N7O3. The molecule has 0 saturated carbocycles. The second-order valence-corrected chi connectivity index (χ2v) is 15.4. The predicted molar refractivity (Wildman–Crippen MR) is 220 cm³/mol. The molecule has 12 heteroatoms. The SMILES string of the molecule is COc1cnc(-c2ccc3c(c2)c(N2C[C@@H](C)n4c(c(CCCOc5cc(C)c(Cl)c(C)c5)c5ccc(Cl)c(-c6c(C)nn(C)c6C)c54)C2=O)cn3C)nc1. The molecule has 4 aromatic heterocycles. The molecule has 0 aliphatic carbocycles. The first-order chi connectivity index (χ1) is 26.4. The Labute approximate surface area is 330 Å². The van der Waals surface area contributed by atoms with Gasteiger partial charge in [0, 0.05) is 76.6 Å². The van der Waals surface area contributed by atoms with Crippen LogP contribution in [0.4, 0.5) is 5.69 Å². The predicted octanol–water partition coefficient (Wildman–Crippen LogP) is 9.77. The zero-order valence-electron chi connectivity index (χ0n) is 32.3. The van der Waals surface area contributed by atoms with E-state index in [1.165, 1.54) is 0 Å². The Balaban J connectivity index is 1.25. The first-order valence-corrected chi connectivity index (χ1v) is 19.2. The molecule has 1 amide bonds. The molecule has 0 fully saturated rings. The van der Waals surface area contributed by atoms with E-state index in [1.54, 1.807) is 19.5 Å². The van der Waals surface area contributed by atoms with E-state index in [-0.39, 0.29) is 11.9 Å². The monoisotopic (exact) mass is 775 g/mol. The summed E-state index contributed by atoms with van der Waals surface area (Å²) in [5, 5.41) is 8.07. The number of hydrogen-bond donors (Lipinski definition) is 0. The number of amides is 1. The molecule has 3 aromatic carbocycles. The molecule has 0 radical (unpaired) electrons. The van der Waals surface area contributed by atoms with Crippen LogP contribution < -0.4 is 14.4 Å². The van der Waals surface area contributed by atoms with Gasteiger partial charge in [-0.25, -0.2) is 9.97 Å². The van der Waals surface area contributed by atoms with Gasteiger partial charge >= 0.3 is 0 Å². The van der Waals surface area contributed by atoms with Crippen LogP contribution in [0.15, 0.2) is 61.1 Å². The lowest BCUT2D eigenvalue weighted by Crippen LogP contribution is -2.42. The highest BCUT2D eigenvalue weighted by Crippen LogP contribution is 2.46. The van der Waals surface area contributed by atoms with Crippen molar-refractivity contribution in [2.75, 3.05) is 25.2 Å². The van der Waals surface area contributed by atoms with Crippen LogP contribution in [0.5, 0.6) is 11.5 Å². The molecule has 282 valence electrons. The normalized spacial score (nSPS) is 14.3. The van der Waals surface area contributed by atoms with Crippen LogP contribution in [-0.4, -0.2) is 55.1 Å². The zero-order chi connectivity index (χ0) is 38.9. The number of halogens is 2. The van der Waals surface area contributed by atoms with Crippen LogP contribution in [0.3, 0.4) is 0 Å². The average molecular weight is 777 g/mol. The number of fused-ring (bicyclic) bond motifs is 4. The maximum Gasteiger partial charge on any atom is 0.275 e. The topological polar surface area (TPSA) is 92.2 Å². The molecule has 5 heterocycles. The molecule has 1 aliphatic rings. The summed E-state index contributed by atoms with van der Waals surface area (Å²) in [4.78, 5) is 26.2. The lowest BCUT2D eigenvalue weighted by Gasteiger charge is -2.34. The van der Waals surface area contributed by atoms with E-state index in [0.717, 1.165) is 83.0 Å². The van der Waals surface area contributed by atoms with E-state index < -0.39 is 0 Å². The summed E-state index contributed by atoms with van der Waals surface area (Å²) in [5.74, 6) is 1.89. The maximum atomic E-state index is 15.2. The van der Waals surface area contributed by atoms with Gasteiger partial charge in [-0.1, -0.05) is 29.3 Å². The number of methoxy groups -OCH3 is 1. The summed E-state index contributed by atoms with van der Waals surface area (Å²) in [5.41, 5.74) is 11.0. The second kappa shape index (κ2) is 14.1. The van der Waals surface area contributed by atoms with Gasteiger partial charge in [-0.3, -0.25) is 9.48 Å². The maximum absolute atomic E-state index is 15.2. The number of aromatic nitrogens is 6. The third kappa shape index (κ3) is 6.12. The summed E-state index contributed by atoms with van der Waals surface area (Å²) >= 11 is 13.6. The average Bonchev–Trinajstić information content (AvgIpc) is 3.77. The highest BCUT2D eigenvalue weighted by atomic mass is 35.5. The zero-order valence-corrected chi connectivity index (χ0v) is 33.8. The number of rotatable bonds is 9. The number of aryl methyl sites for hydroxylation is 6. The van der Waals surface area contributed by atoms with Crippen molar-refractivity contribution in [1.29, 1.82) is 0 Å². The number of ether oxygens (including phenoxy) is 2. The Hall–Kier alpha value is -5.32. The second-order valence-electron chi connectivity index (χ2n) is 14.6.